The van der Waals surface area contributed by atoms with E-state index in [2.05, 4.69) is 29.1 Å². The predicted molar refractivity (Wildman–Crippen MR) is 78.5 cm³/mol. The van der Waals surface area contributed by atoms with Crippen LogP contribution < -0.4 is 5.32 Å². The van der Waals surface area contributed by atoms with E-state index in [1.165, 1.54) is 0 Å². The Balaban J connectivity index is 2.41. The third-order valence-corrected chi connectivity index (χ3v) is 3.89. The first-order chi connectivity index (χ1) is 8.76. The molecule has 0 saturated heterocycles. The SMILES string of the molecule is CCCNc1ncnc(-c2ccc(Cl)s2)c1CC. The van der Waals surface area contributed by atoms with Gasteiger partial charge in [0.25, 0.3) is 0 Å². The molecule has 0 aromatic carbocycles. The van der Waals surface area contributed by atoms with Crippen molar-refractivity contribution in [2.45, 2.75) is 26.7 Å². The van der Waals surface area contributed by atoms with Gasteiger partial charge in [-0.3, -0.25) is 0 Å². The van der Waals surface area contributed by atoms with Crippen LogP contribution in [0.3, 0.4) is 0 Å². The highest BCUT2D eigenvalue weighted by Crippen LogP contribution is 2.33. The quantitative estimate of drug-likeness (QED) is 0.891. The van der Waals surface area contributed by atoms with Crippen molar-refractivity contribution in [2.75, 3.05) is 11.9 Å². The van der Waals surface area contributed by atoms with Crippen LogP contribution in [0.15, 0.2) is 18.5 Å². The van der Waals surface area contributed by atoms with E-state index >= 15 is 0 Å². The van der Waals surface area contributed by atoms with Gasteiger partial charge in [-0.2, -0.15) is 0 Å². The average molecular weight is 282 g/mol. The molecular weight excluding hydrogens is 266 g/mol. The first kappa shape index (κ1) is 13.3. The number of aromatic nitrogens is 2. The minimum atomic E-state index is 0.786. The lowest BCUT2D eigenvalue weighted by Crippen LogP contribution is -2.06. The van der Waals surface area contributed by atoms with Gasteiger partial charge >= 0.3 is 0 Å². The molecule has 5 heteroatoms. The summed E-state index contributed by atoms with van der Waals surface area (Å²) >= 11 is 7.54. The monoisotopic (exact) mass is 281 g/mol. The maximum Gasteiger partial charge on any atom is 0.133 e. The van der Waals surface area contributed by atoms with E-state index in [0.29, 0.717) is 0 Å². The smallest absolute Gasteiger partial charge is 0.133 e. The van der Waals surface area contributed by atoms with Crippen molar-refractivity contribution >= 4 is 28.8 Å². The molecule has 0 aliphatic carbocycles. The number of nitrogens with one attached hydrogen (secondary N) is 1. The molecular formula is C13H16ClN3S. The van der Waals surface area contributed by atoms with Crippen molar-refractivity contribution in [3.05, 3.63) is 28.4 Å². The first-order valence-corrected chi connectivity index (χ1v) is 7.29. The number of hydrogen-bond donors (Lipinski definition) is 1. The molecule has 1 N–H and O–H groups in total. The molecule has 18 heavy (non-hydrogen) atoms. The summed E-state index contributed by atoms with van der Waals surface area (Å²) in [7, 11) is 0. The fourth-order valence-electron chi connectivity index (χ4n) is 1.80. The van der Waals surface area contributed by atoms with Crippen LogP contribution in [0, 0.1) is 0 Å². The summed E-state index contributed by atoms with van der Waals surface area (Å²) in [5, 5.41) is 3.35. The molecule has 0 spiro atoms. The number of hydrogen-bond acceptors (Lipinski definition) is 4. The number of rotatable bonds is 5. The van der Waals surface area contributed by atoms with Crippen LogP contribution in [-0.4, -0.2) is 16.5 Å². The molecule has 3 nitrogen and oxygen atoms in total. The van der Waals surface area contributed by atoms with Gasteiger partial charge in [0.2, 0.25) is 0 Å². The highest BCUT2D eigenvalue weighted by molar-refractivity contribution is 7.19. The Morgan fingerprint density at radius 2 is 2.11 bits per heavy atom. The van der Waals surface area contributed by atoms with Gasteiger partial charge in [-0.1, -0.05) is 25.4 Å². The summed E-state index contributed by atoms with van der Waals surface area (Å²) in [6.07, 6.45) is 3.59. The molecule has 0 fully saturated rings. The van der Waals surface area contributed by atoms with Gasteiger partial charge in [-0.15, -0.1) is 11.3 Å². The Kier molecular flexibility index (Phi) is 4.55. The minimum Gasteiger partial charge on any atom is -0.370 e. The molecule has 0 bridgehead atoms. The molecule has 2 aromatic rings. The van der Waals surface area contributed by atoms with Crippen LogP contribution >= 0.6 is 22.9 Å². The van der Waals surface area contributed by atoms with Gasteiger partial charge in [-0.05, 0) is 25.0 Å². The fraction of sp³-hybridized carbons (Fsp3) is 0.385. The zero-order chi connectivity index (χ0) is 13.0. The summed E-state index contributed by atoms with van der Waals surface area (Å²) in [5.74, 6) is 0.939. The lowest BCUT2D eigenvalue weighted by molar-refractivity contribution is 0.950. The molecule has 0 atom stereocenters. The summed E-state index contributed by atoms with van der Waals surface area (Å²) in [5.41, 5.74) is 2.15. The third-order valence-electron chi connectivity index (χ3n) is 2.65. The Bertz CT molecular complexity index is 525. The molecule has 0 unspecified atom stereocenters. The topological polar surface area (TPSA) is 37.8 Å². The van der Waals surface area contributed by atoms with Crippen LogP contribution in [-0.2, 0) is 6.42 Å². The zero-order valence-electron chi connectivity index (χ0n) is 10.5. The van der Waals surface area contributed by atoms with Crippen molar-refractivity contribution < 1.29 is 0 Å². The summed E-state index contributed by atoms with van der Waals surface area (Å²) in [6.45, 7) is 5.18. The van der Waals surface area contributed by atoms with Crippen molar-refractivity contribution in [3.63, 3.8) is 0 Å². The van der Waals surface area contributed by atoms with Gasteiger partial charge in [0.05, 0.1) is 14.9 Å². The van der Waals surface area contributed by atoms with E-state index in [0.717, 1.165) is 45.7 Å². The van der Waals surface area contributed by atoms with Gasteiger partial charge in [-0.25, -0.2) is 9.97 Å². The average Bonchev–Trinajstić information content (AvgIpc) is 2.82. The van der Waals surface area contributed by atoms with Gasteiger partial charge in [0.15, 0.2) is 0 Å². The van der Waals surface area contributed by atoms with Gasteiger partial charge < -0.3 is 5.32 Å². The summed E-state index contributed by atoms with van der Waals surface area (Å²) in [4.78, 5) is 9.83. The van der Waals surface area contributed by atoms with Crippen molar-refractivity contribution in [2.24, 2.45) is 0 Å². The molecule has 2 heterocycles. The fourth-order valence-corrected chi connectivity index (χ4v) is 2.86. The maximum absolute atomic E-state index is 5.99. The number of halogens is 1. The first-order valence-electron chi connectivity index (χ1n) is 6.09. The van der Waals surface area contributed by atoms with Crippen LogP contribution in [0.25, 0.3) is 10.6 Å². The van der Waals surface area contributed by atoms with Crippen LogP contribution in [0.5, 0.6) is 0 Å². The Labute approximate surface area is 116 Å². The van der Waals surface area contributed by atoms with Crippen LogP contribution in [0.1, 0.15) is 25.8 Å². The number of nitrogens with zero attached hydrogens (tertiary/aromatic N) is 2. The van der Waals surface area contributed by atoms with Gasteiger partial charge in [0.1, 0.15) is 12.1 Å². The number of anilines is 1. The van der Waals surface area contributed by atoms with E-state index in [4.69, 9.17) is 11.6 Å². The Morgan fingerprint density at radius 1 is 1.28 bits per heavy atom. The second kappa shape index (κ2) is 6.16. The number of thiophene rings is 1. The lowest BCUT2D eigenvalue weighted by atomic mass is 10.1. The predicted octanol–water partition coefficient (Wildman–Crippen LogP) is 4.24. The summed E-state index contributed by atoms with van der Waals surface area (Å²) in [6, 6.07) is 3.92. The van der Waals surface area contributed by atoms with E-state index in [1.54, 1.807) is 17.7 Å². The van der Waals surface area contributed by atoms with Gasteiger partial charge in [0, 0.05) is 12.1 Å². The van der Waals surface area contributed by atoms with Crippen LogP contribution in [0.4, 0.5) is 5.82 Å². The molecule has 0 radical (unpaired) electrons. The Hall–Kier alpha value is -1.13. The second-order valence-corrected chi connectivity index (χ2v) is 5.65. The second-order valence-electron chi connectivity index (χ2n) is 3.93. The zero-order valence-corrected chi connectivity index (χ0v) is 12.1. The van der Waals surface area contributed by atoms with Crippen LogP contribution in [0.2, 0.25) is 4.34 Å². The molecule has 2 rings (SSSR count). The van der Waals surface area contributed by atoms with E-state index in [-0.39, 0.29) is 0 Å². The van der Waals surface area contributed by atoms with E-state index in [9.17, 15) is 0 Å². The molecule has 0 saturated carbocycles. The summed E-state index contributed by atoms with van der Waals surface area (Å²) < 4.78 is 0.786. The standard InChI is InChI=1S/C13H16ClN3S/c1-3-7-15-13-9(4-2)12(16-8-17-13)10-5-6-11(14)18-10/h5-6,8H,3-4,7H2,1-2H3,(H,15,16,17). The Morgan fingerprint density at radius 3 is 2.72 bits per heavy atom. The normalized spacial score (nSPS) is 10.6. The molecule has 0 aliphatic rings. The molecule has 0 amide bonds. The van der Waals surface area contributed by atoms with Crippen molar-refractivity contribution in [1.82, 2.24) is 9.97 Å². The van der Waals surface area contributed by atoms with E-state index < -0.39 is 0 Å². The lowest BCUT2D eigenvalue weighted by Gasteiger charge is -2.11. The molecule has 2 aromatic heterocycles. The highest BCUT2D eigenvalue weighted by atomic mass is 35.5. The third kappa shape index (κ3) is 2.82. The van der Waals surface area contributed by atoms with Crippen molar-refractivity contribution in [3.8, 4) is 10.6 Å². The minimum absolute atomic E-state index is 0.786. The molecule has 96 valence electrons. The van der Waals surface area contributed by atoms with Crippen molar-refractivity contribution in [1.29, 1.82) is 0 Å². The molecule has 0 aliphatic heterocycles. The van der Waals surface area contributed by atoms with E-state index in [1.807, 2.05) is 12.1 Å². The highest BCUT2D eigenvalue weighted by Gasteiger charge is 2.12. The maximum atomic E-state index is 5.99. The largest absolute Gasteiger partial charge is 0.370 e.